The van der Waals surface area contributed by atoms with Gasteiger partial charge >= 0.3 is 0 Å². The topological polar surface area (TPSA) is 58.8 Å². The molecule has 0 bridgehead atoms. The zero-order chi connectivity index (χ0) is 18.5. The number of guanidine groups is 1. The van der Waals surface area contributed by atoms with Crippen molar-refractivity contribution >= 4 is 16.9 Å². The van der Waals surface area contributed by atoms with E-state index >= 15 is 0 Å². The molecule has 0 aliphatic heterocycles. The number of rotatable bonds is 5. The third-order valence-corrected chi connectivity index (χ3v) is 4.26. The Hall–Kier alpha value is -3.02. The second-order valence-corrected chi connectivity index (χ2v) is 5.92. The Morgan fingerprint density at radius 2 is 1.85 bits per heavy atom. The SMILES string of the molecule is CN=C(NCc1ccc(OC)cc1)NCc1oc2ccc(F)cc2c1C. The Labute approximate surface area is 151 Å². The second-order valence-electron chi connectivity index (χ2n) is 5.92. The van der Waals surface area contributed by atoms with Gasteiger partial charge < -0.3 is 19.8 Å². The highest BCUT2D eigenvalue weighted by Crippen LogP contribution is 2.25. The summed E-state index contributed by atoms with van der Waals surface area (Å²) in [4.78, 5) is 4.22. The van der Waals surface area contributed by atoms with Crippen molar-refractivity contribution in [3.05, 3.63) is 65.2 Å². The summed E-state index contributed by atoms with van der Waals surface area (Å²) in [5.41, 5.74) is 2.73. The molecule has 0 amide bonds. The number of hydrogen-bond acceptors (Lipinski definition) is 3. The molecule has 3 rings (SSSR count). The highest BCUT2D eigenvalue weighted by Gasteiger charge is 2.11. The van der Waals surface area contributed by atoms with Gasteiger partial charge in [0, 0.05) is 24.5 Å². The Morgan fingerprint density at radius 3 is 2.54 bits per heavy atom. The van der Waals surface area contributed by atoms with Crippen LogP contribution in [0.5, 0.6) is 5.75 Å². The predicted octanol–water partition coefficient (Wildman–Crippen LogP) is 3.75. The van der Waals surface area contributed by atoms with Crippen LogP contribution in [0.1, 0.15) is 16.9 Å². The molecule has 26 heavy (non-hydrogen) atoms. The van der Waals surface area contributed by atoms with Crippen LogP contribution in [-0.2, 0) is 13.1 Å². The zero-order valence-electron chi connectivity index (χ0n) is 15.1. The van der Waals surface area contributed by atoms with Gasteiger partial charge in [0.25, 0.3) is 0 Å². The minimum Gasteiger partial charge on any atom is -0.497 e. The molecule has 0 radical (unpaired) electrons. The van der Waals surface area contributed by atoms with Crippen LogP contribution in [-0.4, -0.2) is 20.1 Å². The van der Waals surface area contributed by atoms with Crippen LogP contribution in [0.2, 0.25) is 0 Å². The van der Waals surface area contributed by atoms with E-state index in [2.05, 4.69) is 15.6 Å². The first kappa shape index (κ1) is 17.8. The average Bonchev–Trinajstić information content (AvgIpc) is 2.98. The fourth-order valence-electron chi connectivity index (χ4n) is 2.73. The molecule has 2 aromatic carbocycles. The summed E-state index contributed by atoms with van der Waals surface area (Å²) < 4.78 is 24.4. The third kappa shape index (κ3) is 3.96. The van der Waals surface area contributed by atoms with Crippen LogP contribution >= 0.6 is 0 Å². The van der Waals surface area contributed by atoms with Crippen molar-refractivity contribution in [2.45, 2.75) is 20.0 Å². The molecule has 6 heteroatoms. The first-order valence-corrected chi connectivity index (χ1v) is 8.35. The number of aliphatic imine (C=N–C) groups is 1. The number of hydrogen-bond donors (Lipinski definition) is 2. The number of fused-ring (bicyclic) bond motifs is 1. The fourth-order valence-corrected chi connectivity index (χ4v) is 2.73. The quantitative estimate of drug-likeness (QED) is 0.540. The highest BCUT2D eigenvalue weighted by molar-refractivity contribution is 5.83. The van der Waals surface area contributed by atoms with Crippen molar-refractivity contribution in [3.8, 4) is 5.75 Å². The summed E-state index contributed by atoms with van der Waals surface area (Å²) in [5, 5.41) is 7.27. The smallest absolute Gasteiger partial charge is 0.191 e. The van der Waals surface area contributed by atoms with Crippen molar-refractivity contribution < 1.29 is 13.5 Å². The lowest BCUT2D eigenvalue weighted by Crippen LogP contribution is -2.36. The van der Waals surface area contributed by atoms with Crippen molar-refractivity contribution in [2.75, 3.05) is 14.2 Å². The lowest BCUT2D eigenvalue weighted by atomic mass is 10.1. The number of benzene rings is 2. The maximum absolute atomic E-state index is 13.4. The van der Waals surface area contributed by atoms with Crippen LogP contribution in [0.15, 0.2) is 51.9 Å². The first-order chi connectivity index (χ1) is 12.6. The molecule has 0 aliphatic carbocycles. The van der Waals surface area contributed by atoms with Crippen LogP contribution in [0.4, 0.5) is 4.39 Å². The molecule has 2 N–H and O–H groups in total. The van der Waals surface area contributed by atoms with Crippen LogP contribution < -0.4 is 15.4 Å². The Kier molecular flexibility index (Phi) is 5.41. The molecule has 0 saturated carbocycles. The maximum Gasteiger partial charge on any atom is 0.191 e. The molecule has 1 heterocycles. The van der Waals surface area contributed by atoms with E-state index in [0.29, 0.717) is 24.6 Å². The number of nitrogens with zero attached hydrogens (tertiary/aromatic N) is 1. The number of methoxy groups -OCH3 is 1. The molecule has 5 nitrogen and oxygen atoms in total. The molecule has 1 aromatic heterocycles. The van der Waals surface area contributed by atoms with Gasteiger partial charge in [0.15, 0.2) is 5.96 Å². The summed E-state index contributed by atoms with van der Waals surface area (Å²) in [6, 6.07) is 12.4. The summed E-state index contributed by atoms with van der Waals surface area (Å²) in [6.07, 6.45) is 0. The molecule has 3 aromatic rings. The maximum atomic E-state index is 13.4. The average molecular weight is 355 g/mol. The van der Waals surface area contributed by atoms with Gasteiger partial charge in [-0.25, -0.2) is 4.39 Å². The van der Waals surface area contributed by atoms with E-state index in [1.54, 1.807) is 20.2 Å². The summed E-state index contributed by atoms with van der Waals surface area (Å²) in [6.45, 7) is 3.02. The van der Waals surface area contributed by atoms with Gasteiger partial charge in [-0.05, 0) is 42.8 Å². The molecular weight excluding hydrogens is 333 g/mol. The summed E-state index contributed by atoms with van der Waals surface area (Å²) in [7, 11) is 3.36. The first-order valence-electron chi connectivity index (χ1n) is 8.35. The van der Waals surface area contributed by atoms with Gasteiger partial charge in [-0.2, -0.15) is 0 Å². The molecule has 136 valence electrons. The highest BCUT2D eigenvalue weighted by atomic mass is 19.1. The molecule has 0 unspecified atom stereocenters. The van der Waals surface area contributed by atoms with Crippen molar-refractivity contribution in [1.29, 1.82) is 0 Å². The number of furan rings is 1. The number of ether oxygens (including phenoxy) is 1. The predicted molar refractivity (Wildman–Crippen MR) is 101 cm³/mol. The van der Waals surface area contributed by atoms with Gasteiger partial charge in [-0.3, -0.25) is 4.99 Å². The Morgan fingerprint density at radius 1 is 1.12 bits per heavy atom. The van der Waals surface area contributed by atoms with Gasteiger partial charge in [0.05, 0.1) is 13.7 Å². The lowest BCUT2D eigenvalue weighted by molar-refractivity contribution is 0.414. The van der Waals surface area contributed by atoms with Gasteiger partial charge in [-0.15, -0.1) is 0 Å². The third-order valence-electron chi connectivity index (χ3n) is 4.26. The van der Waals surface area contributed by atoms with E-state index in [1.807, 2.05) is 31.2 Å². The minimum absolute atomic E-state index is 0.266. The Balaban J connectivity index is 1.61. The van der Waals surface area contributed by atoms with Gasteiger partial charge in [0.1, 0.15) is 22.9 Å². The molecular formula is C20H22FN3O2. The monoisotopic (exact) mass is 355 g/mol. The van der Waals surface area contributed by atoms with E-state index in [4.69, 9.17) is 9.15 Å². The standard InChI is InChI=1S/C20H22FN3O2/c1-13-17-10-15(21)6-9-18(17)26-19(13)12-24-20(22-2)23-11-14-4-7-16(25-3)8-5-14/h4-10H,11-12H2,1-3H3,(H2,22,23,24). The molecule has 0 saturated heterocycles. The number of aryl methyl sites for hydroxylation is 1. The molecule has 0 aliphatic rings. The van der Waals surface area contributed by atoms with Crippen molar-refractivity contribution in [2.24, 2.45) is 4.99 Å². The van der Waals surface area contributed by atoms with Crippen LogP contribution in [0, 0.1) is 12.7 Å². The lowest BCUT2D eigenvalue weighted by Gasteiger charge is -2.11. The van der Waals surface area contributed by atoms with E-state index in [9.17, 15) is 4.39 Å². The van der Waals surface area contributed by atoms with Crippen molar-refractivity contribution in [3.63, 3.8) is 0 Å². The number of halogens is 1. The van der Waals surface area contributed by atoms with Gasteiger partial charge in [-0.1, -0.05) is 12.1 Å². The van der Waals surface area contributed by atoms with Crippen molar-refractivity contribution in [1.82, 2.24) is 10.6 Å². The molecule has 0 fully saturated rings. The second kappa shape index (κ2) is 7.91. The van der Waals surface area contributed by atoms with Gasteiger partial charge in [0.2, 0.25) is 0 Å². The normalized spacial score (nSPS) is 11.6. The van der Waals surface area contributed by atoms with Crippen LogP contribution in [0.3, 0.4) is 0 Å². The zero-order valence-corrected chi connectivity index (χ0v) is 15.1. The van der Waals surface area contributed by atoms with E-state index in [1.165, 1.54) is 12.1 Å². The molecule has 0 atom stereocenters. The van der Waals surface area contributed by atoms with E-state index in [0.717, 1.165) is 28.0 Å². The van der Waals surface area contributed by atoms with E-state index < -0.39 is 0 Å². The Bertz CT molecular complexity index is 917. The largest absolute Gasteiger partial charge is 0.497 e. The van der Waals surface area contributed by atoms with E-state index in [-0.39, 0.29) is 5.82 Å². The molecule has 0 spiro atoms. The summed E-state index contributed by atoms with van der Waals surface area (Å²) >= 11 is 0. The van der Waals surface area contributed by atoms with Crippen LogP contribution in [0.25, 0.3) is 11.0 Å². The fraction of sp³-hybridized carbons (Fsp3) is 0.250. The summed E-state index contributed by atoms with van der Waals surface area (Å²) in [5.74, 6) is 1.98. The number of nitrogens with one attached hydrogen (secondary N) is 2. The minimum atomic E-state index is -0.266.